The van der Waals surface area contributed by atoms with E-state index in [1.165, 1.54) is 19.3 Å². The number of ether oxygens (including phenoxy) is 1. The second kappa shape index (κ2) is 5.07. The molecule has 1 fully saturated rings. The van der Waals surface area contributed by atoms with Gasteiger partial charge in [0.25, 0.3) is 0 Å². The lowest BCUT2D eigenvalue weighted by Crippen LogP contribution is -2.20. The SMILES string of the molecule is COc1ccc(C(N)CC2CCC2)c(Cl)c1. The summed E-state index contributed by atoms with van der Waals surface area (Å²) in [7, 11) is 1.64. The predicted octanol–water partition coefficient (Wildman–Crippen LogP) is 3.54. The molecule has 3 heteroatoms. The summed E-state index contributed by atoms with van der Waals surface area (Å²) in [4.78, 5) is 0. The van der Waals surface area contributed by atoms with Gasteiger partial charge in [-0.25, -0.2) is 0 Å². The molecular formula is C13H18ClNO. The fourth-order valence-electron chi connectivity index (χ4n) is 2.15. The summed E-state index contributed by atoms with van der Waals surface area (Å²) < 4.78 is 5.12. The monoisotopic (exact) mass is 239 g/mol. The Hall–Kier alpha value is -0.730. The van der Waals surface area contributed by atoms with Crippen molar-refractivity contribution in [2.24, 2.45) is 11.7 Å². The van der Waals surface area contributed by atoms with Crippen molar-refractivity contribution in [2.45, 2.75) is 31.7 Å². The molecule has 2 rings (SSSR count). The van der Waals surface area contributed by atoms with Crippen LogP contribution in [0.5, 0.6) is 5.75 Å². The van der Waals surface area contributed by atoms with E-state index >= 15 is 0 Å². The average molecular weight is 240 g/mol. The lowest BCUT2D eigenvalue weighted by atomic mass is 9.80. The summed E-state index contributed by atoms with van der Waals surface area (Å²) in [6.45, 7) is 0. The summed E-state index contributed by atoms with van der Waals surface area (Å²) in [6, 6.07) is 5.79. The smallest absolute Gasteiger partial charge is 0.120 e. The van der Waals surface area contributed by atoms with E-state index in [-0.39, 0.29) is 6.04 Å². The van der Waals surface area contributed by atoms with Crippen molar-refractivity contribution < 1.29 is 4.74 Å². The van der Waals surface area contributed by atoms with Crippen molar-refractivity contribution in [3.8, 4) is 5.75 Å². The zero-order valence-corrected chi connectivity index (χ0v) is 10.3. The highest BCUT2D eigenvalue weighted by Gasteiger charge is 2.22. The van der Waals surface area contributed by atoms with E-state index in [2.05, 4.69) is 0 Å². The first-order valence-corrected chi connectivity index (χ1v) is 6.17. The maximum absolute atomic E-state index is 6.19. The van der Waals surface area contributed by atoms with Crippen LogP contribution in [-0.2, 0) is 0 Å². The van der Waals surface area contributed by atoms with Gasteiger partial charge in [-0.2, -0.15) is 0 Å². The molecule has 1 aliphatic carbocycles. The third-order valence-electron chi connectivity index (χ3n) is 3.42. The Labute approximate surface area is 102 Å². The van der Waals surface area contributed by atoms with Gasteiger partial charge in [-0.15, -0.1) is 0 Å². The van der Waals surface area contributed by atoms with E-state index in [0.717, 1.165) is 23.7 Å². The Bertz CT molecular complexity index is 363. The fraction of sp³-hybridized carbons (Fsp3) is 0.538. The molecule has 0 bridgehead atoms. The van der Waals surface area contributed by atoms with Crippen LogP contribution in [0.1, 0.15) is 37.3 Å². The molecule has 88 valence electrons. The molecule has 1 aromatic carbocycles. The number of benzene rings is 1. The molecule has 1 unspecified atom stereocenters. The molecule has 1 atom stereocenters. The van der Waals surface area contributed by atoms with Gasteiger partial charge in [0.1, 0.15) is 5.75 Å². The third kappa shape index (κ3) is 2.50. The summed E-state index contributed by atoms with van der Waals surface area (Å²) in [5.74, 6) is 1.58. The topological polar surface area (TPSA) is 35.2 Å². The molecule has 2 nitrogen and oxygen atoms in total. The standard InChI is InChI=1S/C13H18ClNO/c1-16-10-5-6-11(12(14)8-10)13(15)7-9-3-2-4-9/h5-6,8-9,13H,2-4,7,15H2,1H3. The lowest BCUT2D eigenvalue weighted by molar-refractivity contribution is 0.277. The Morgan fingerprint density at radius 3 is 2.75 bits per heavy atom. The van der Waals surface area contributed by atoms with E-state index in [0.29, 0.717) is 5.02 Å². The van der Waals surface area contributed by atoms with Crippen molar-refractivity contribution in [3.05, 3.63) is 28.8 Å². The Kier molecular flexibility index (Phi) is 3.72. The first kappa shape index (κ1) is 11.7. The van der Waals surface area contributed by atoms with Crippen molar-refractivity contribution in [2.75, 3.05) is 7.11 Å². The second-order valence-electron chi connectivity index (χ2n) is 4.53. The molecule has 0 saturated heterocycles. The highest BCUT2D eigenvalue weighted by atomic mass is 35.5. The van der Waals surface area contributed by atoms with Crippen LogP contribution in [0.25, 0.3) is 0 Å². The molecule has 0 amide bonds. The largest absolute Gasteiger partial charge is 0.497 e. The number of hydrogen-bond acceptors (Lipinski definition) is 2. The molecule has 0 spiro atoms. The number of nitrogens with two attached hydrogens (primary N) is 1. The van der Waals surface area contributed by atoms with Gasteiger partial charge in [-0.05, 0) is 30.0 Å². The van der Waals surface area contributed by atoms with Gasteiger partial charge < -0.3 is 10.5 Å². The molecule has 1 aliphatic rings. The quantitative estimate of drug-likeness (QED) is 0.872. The van der Waals surface area contributed by atoms with Crippen LogP contribution < -0.4 is 10.5 Å². The maximum atomic E-state index is 6.19. The van der Waals surface area contributed by atoms with Crippen molar-refractivity contribution in [1.29, 1.82) is 0 Å². The normalized spacial score (nSPS) is 17.9. The third-order valence-corrected chi connectivity index (χ3v) is 3.75. The minimum absolute atomic E-state index is 0.0590. The molecule has 2 N–H and O–H groups in total. The van der Waals surface area contributed by atoms with E-state index in [9.17, 15) is 0 Å². The summed E-state index contributed by atoms with van der Waals surface area (Å²) in [5, 5.41) is 0.714. The van der Waals surface area contributed by atoms with Crippen molar-refractivity contribution in [3.63, 3.8) is 0 Å². The van der Waals surface area contributed by atoms with Crippen LogP contribution in [0.2, 0.25) is 5.02 Å². The highest BCUT2D eigenvalue weighted by Crippen LogP contribution is 2.36. The average Bonchev–Trinajstić information content (AvgIpc) is 2.23. The molecule has 0 heterocycles. The van der Waals surface area contributed by atoms with Crippen LogP contribution in [0.4, 0.5) is 0 Å². The number of methoxy groups -OCH3 is 1. The van der Waals surface area contributed by atoms with Crippen LogP contribution >= 0.6 is 11.6 Å². The fourth-order valence-corrected chi connectivity index (χ4v) is 2.46. The van der Waals surface area contributed by atoms with Gasteiger partial charge in [-0.1, -0.05) is 36.9 Å². The first-order chi connectivity index (χ1) is 7.70. The van der Waals surface area contributed by atoms with Crippen LogP contribution in [0.3, 0.4) is 0 Å². The van der Waals surface area contributed by atoms with E-state index in [1.807, 2.05) is 18.2 Å². The molecule has 0 radical (unpaired) electrons. The van der Waals surface area contributed by atoms with Gasteiger partial charge in [0.05, 0.1) is 7.11 Å². The van der Waals surface area contributed by atoms with E-state index in [4.69, 9.17) is 22.1 Å². The minimum Gasteiger partial charge on any atom is -0.497 e. The number of hydrogen-bond donors (Lipinski definition) is 1. The van der Waals surface area contributed by atoms with E-state index in [1.54, 1.807) is 7.11 Å². The van der Waals surface area contributed by atoms with Gasteiger partial charge in [0, 0.05) is 11.1 Å². The van der Waals surface area contributed by atoms with Gasteiger partial charge in [-0.3, -0.25) is 0 Å². The zero-order valence-electron chi connectivity index (χ0n) is 9.58. The summed E-state index contributed by atoms with van der Waals surface area (Å²) >= 11 is 6.19. The van der Waals surface area contributed by atoms with E-state index < -0.39 is 0 Å². The molecule has 1 saturated carbocycles. The minimum atomic E-state index is 0.0590. The molecular weight excluding hydrogens is 222 g/mol. The van der Waals surface area contributed by atoms with Gasteiger partial charge >= 0.3 is 0 Å². The first-order valence-electron chi connectivity index (χ1n) is 5.79. The Balaban J connectivity index is 2.06. The Morgan fingerprint density at radius 2 is 2.25 bits per heavy atom. The maximum Gasteiger partial charge on any atom is 0.120 e. The summed E-state index contributed by atoms with van der Waals surface area (Å²) in [5.41, 5.74) is 7.21. The molecule has 1 aromatic rings. The zero-order chi connectivity index (χ0) is 11.5. The van der Waals surface area contributed by atoms with Crippen molar-refractivity contribution >= 4 is 11.6 Å². The molecule has 0 aromatic heterocycles. The predicted molar refractivity (Wildman–Crippen MR) is 66.9 cm³/mol. The second-order valence-corrected chi connectivity index (χ2v) is 4.93. The number of rotatable bonds is 4. The van der Waals surface area contributed by atoms with Crippen LogP contribution in [0, 0.1) is 5.92 Å². The van der Waals surface area contributed by atoms with Gasteiger partial charge in [0.15, 0.2) is 0 Å². The molecule has 16 heavy (non-hydrogen) atoms. The molecule has 0 aliphatic heterocycles. The van der Waals surface area contributed by atoms with Gasteiger partial charge in [0.2, 0.25) is 0 Å². The Morgan fingerprint density at radius 1 is 1.50 bits per heavy atom. The number of halogens is 1. The van der Waals surface area contributed by atoms with Crippen LogP contribution in [-0.4, -0.2) is 7.11 Å². The summed E-state index contributed by atoms with van der Waals surface area (Å²) in [6.07, 6.45) is 5.04. The lowest BCUT2D eigenvalue weighted by Gasteiger charge is -2.28. The van der Waals surface area contributed by atoms with Crippen LogP contribution in [0.15, 0.2) is 18.2 Å². The highest BCUT2D eigenvalue weighted by molar-refractivity contribution is 6.31. The van der Waals surface area contributed by atoms with Crippen molar-refractivity contribution in [1.82, 2.24) is 0 Å².